The zero-order valence-corrected chi connectivity index (χ0v) is 14.0. The van der Waals surface area contributed by atoms with Gasteiger partial charge in [-0.1, -0.05) is 26.0 Å². The van der Waals surface area contributed by atoms with E-state index in [1.807, 2.05) is 43.3 Å². The number of benzene rings is 1. The van der Waals surface area contributed by atoms with Crippen molar-refractivity contribution in [2.24, 2.45) is 0 Å². The lowest BCUT2D eigenvalue weighted by Crippen LogP contribution is -2.13. The minimum Gasteiger partial charge on any atom is -0.326 e. The molecule has 0 atom stereocenters. The molecule has 0 aliphatic rings. The van der Waals surface area contributed by atoms with Gasteiger partial charge in [-0.25, -0.2) is 0 Å². The Balaban J connectivity index is 1.88. The van der Waals surface area contributed by atoms with Crippen LogP contribution in [0.4, 0.5) is 5.69 Å². The van der Waals surface area contributed by atoms with Gasteiger partial charge < -0.3 is 5.32 Å². The molecule has 1 aromatic carbocycles. The van der Waals surface area contributed by atoms with Crippen molar-refractivity contribution in [3.05, 3.63) is 51.7 Å². The van der Waals surface area contributed by atoms with Crippen LogP contribution in [0.3, 0.4) is 0 Å². The van der Waals surface area contributed by atoms with Crippen LogP contribution in [0.15, 0.2) is 36.4 Å². The normalized spacial score (nSPS) is 10.7. The maximum absolute atomic E-state index is 12.0. The largest absolute Gasteiger partial charge is 0.326 e. The lowest BCUT2D eigenvalue weighted by Gasteiger charge is -2.09. The van der Waals surface area contributed by atoms with Crippen LogP contribution in [-0.2, 0) is 4.79 Å². The summed E-state index contributed by atoms with van der Waals surface area (Å²) in [5.41, 5.74) is 1.97. The minimum absolute atomic E-state index is 0.0316. The lowest BCUT2D eigenvalue weighted by atomic mass is 10.0. The van der Waals surface area contributed by atoms with Crippen molar-refractivity contribution in [3.8, 4) is 0 Å². The van der Waals surface area contributed by atoms with Crippen LogP contribution in [0, 0.1) is 6.92 Å². The van der Waals surface area contributed by atoms with Gasteiger partial charge in [0, 0.05) is 23.4 Å². The first-order valence-corrected chi connectivity index (χ1v) is 8.27. The van der Waals surface area contributed by atoms with Gasteiger partial charge in [0.2, 0.25) is 5.91 Å². The van der Waals surface area contributed by atoms with E-state index in [1.165, 1.54) is 16.9 Å². The molecule has 0 unspecified atom stereocenters. The quantitative estimate of drug-likeness (QED) is 0.780. The van der Waals surface area contributed by atoms with Crippen molar-refractivity contribution < 1.29 is 9.59 Å². The van der Waals surface area contributed by atoms with Crippen LogP contribution in [0.5, 0.6) is 0 Å². The molecule has 0 aliphatic carbocycles. The second-order valence-corrected chi connectivity index (χ2v) is 6.95. The summed E-state index contributed by atoms with van der Waals surface area (Å²) < 4.78 is 0. The highest BCUT2D eigenvalue weighted by molar-refractivity contribution is 7.14. The summed E-state index contributed by atoms with van der Waals surface area (Å²) in [5, 5.41) is 2.86. The lowest BCUT2D eigenvalue weighted by molar-refractivity contribution is -0.116. The predicted molar refractivity (Wildman–Crippen MR) is 91.8 cm³/mol. The molecule has 0 saturated heterocycles. The Bertz CT molecular complexity index is 673. The fourth-order valence-electron chi connectivity index (χ4n) is 2.13. The molecule has 0 spiro atoms. The van der Waals surface area contributed by atoms with E-state index in [-0.39, 0.29) is 24.5 Å². The van der Waals surface area contributed by atoms with Crippen molar-refractivity contribution in [2.75, 3.05) is 5.32 Å². The van der Waals surface area contributed by atoms with Gasteiger partial charge in [0.15, 0.2) is 5.78 Å². The Labute approximate surface area is 135 Å². The highest BCUT2D eigenvalue weighted by atomic mass is 32.1. The van der Waals surface area contributed by atoms with Gasteiger partial charge >= 0.3 is 0 Å². The molecule has 0 radical (unpaired) electrons. The van der Waals surface area contributed by atoms with Crippen LogP contribution in [-0.4, -0.2) is 11.7 Å². The molecule has 0 fully saturated rings. The first-order valence-electron chi connectivity index (χ1n) is 7.45. The Morgan fingerprint density at radius 2 is 1.91 bits per heavy atom. The Hall–Kier alpha value is -1.94. The van der Waals surface area contributed by atoms with Gasteiger partial charge in [0.05, 0.1) is 4.88 Å². The molecule has 1 heterocycles. The molecule has 1 amide bonds. The Kier molecular flexibility index (Phi) is 5.50. The van der Waals surface area contributed by atoms with E-state index < -0.39 is 0 Å². The van der Waals surface area contributed by atoms with Crippen molar-refractivity contribution in [1.82, 2.24) is 0 Å². The van der Waals surface area contributed by atoms with Gasteiger partial charge in [0.1, 0.15) is 0 Å². The molecule has 2 aromatic rings. The number of anilines is 1. The standard InChI is InChI=1S/C18H21NO2S/c1-12(2)14-5-4-6-15(11-14)19-18(21)10-8-16(20)17-9-7-13(3)22-17/h4-7,9,11-12H,8,10H2,1-3H3,(H,19,21). The minimum atomic E-state index is -0.123. The average Bonchev–Trinajstić information content (AvgIpc) is 2.91. The number of carbonyl (C=O) groups is 2. The SMILES string of the molecule is Cc1ccc(C(=O)CCC(=O)Nc2cccc(C(C)C)c2)s1. The number of hydrogen-bond acceptors (Lipinski definition) is 3. The highest BCUT2D eigenvalue weighted by Gasteiger charge is 2.11. The molecule has 116 valence electrons. The maximum Gasteiger partial charge on any atom is 0.224 e. The monoisotopic (exact) mass is 315 g/mol. The van der Waals surface area contributed by atoms with Crippen LogP contribution in [0.1, 0.15) is 52.7 Å². The number of hydrogen-bond donors (Lipinski definition) is 1. The van der Waals surface area contributed by atoms with E-state index in [0.29, 0.717) is 5.92 Å². The fourth-order valence-corrected chi connectivity index (χ4v) is 2.97. The third-order valence-corrected chi connectivity index (χ3v) is 4.47. The van der Waals surface area contributed by atoms with Crippen LogP contribution in [0.2, 0.25) is 0 Å². The fraction of sp³-hybridized carbons (Fsp3) is 0.333. The zero-order valence-electron chi connectivity index (χ0n) is 13.2. The van der Waals surface area contributed by atoms with Gasteiger partial charge in [-0.2, -0.15) is 0 Å². The van der Waals surface area contributed by atoms with E-state index >= 15 is 0 Å². The maximum atomic E-state index is 12.0. The number of carbonyl (C=O) groups excluding carboxylic acids is 2. The average molecular weight is 315 g/mol. The molecule has 1 aromatic heterocycles. The number of Topliss-reactive ketones (excluding diaryl/α,β-unsaturated/α-hetero) is 1. The van der Waals surface area contributed by atoms with Crippen molar-refractivity contribution in [3.63, 3.8) is 0 Å². The number of nitrogens with one attached hydrogen (secondary N) is 1. The van der Waals surface area contributed by atoms with E-state index in [4.69, 9.17) is 0 Å². The van der Waals surface area contributed by atoms with Gasteiger partial charge in [-0.15, -0.1) is 11.3 Å². The van der Waals surface area contributed by atoms with Crippen molar-refractivity contribution in [2.45, 2.75) is 39.5 Å². The third kappa shape index (κ3) is 4.53. The third-order valence-electron chi connectivity index (χ3n) is 3.43. The summed E-state index contributed by atoms with van der Waals surface area (Å²) in [6, 6.07) is 11.6. The molecule has 3 nitrogen and oxygen atoms in total. The summed E-state index contributed by atoms with van der Waals surface area (Å²) >= 11 is 1.48. The van der Waals surface area contributed by atoms with Crippen molar-refractivity contribution in [1.29, 1.82) is 0 Å². The molecule has 2 rings (SSSR count). The topological polar surface area (TPSA) is 46.2 Å². The van der Waals surface area contributed by atoms with E-state index in [1.54, 1.807) is 0 Å². The first kappa shape index (κ1) is 16.4. The Morgan fingerprint density at radius 1 is 1.14 bits per heavy atom. The predicted octanol–water partition coefficient (Wildman–Crippen LogP) is 4.78. The number of amides is 1. The first-order chi connectivity index (χ1) is 10.5. The molecule has 0 aliphatic heterocycles. The summed E-state index contributed by atoms with van der Waals surface area (Å²) in [6.45, 7) is 6.20. The number of thiophene rings is 1. The van der Waals surface area contributed by atoms with E-state index in [9.17, 15) is 9.59 Å². The summed E-state index contributed by atoms with van der Waals surface area (Å²) in [5.74, 6) is 0.326. The summed E-state index contributed by atoms with van der Waals surface area (Å²) in [7, 11) is 0. The van der Waals surface area contributed by atoms with Crippen LogP contribution in [0.25, 0.3) is 0 Å². The smallest absolute Gasteiger partial charge is 0.224 e. The number of ketones is 1. The van der Waals surface area contributed by atoms with Gasteiger partial charge in [-0.3, -0.25) is 9.59 Å². The summed E-state index contributed by atoms with van der Waals surface area (Å²) in [4.78, 5) is 25.8. The molecule has 0 bridgehead atoms. The Morgan fingerprint density at radius 3 is 2.55 bits per heavy atom. The number of aryl methyl sites for hydroxylation is 1. The van der Waals surface area contributed by atoms with Gasteiger partial charge in [-0.05, 0) is 42.7 Å². The zero-order chi connectivity index (χ0) is 16.1. The van der Waals surface area contributed by atoms with E-state index in [2.05, 4.69) is 19.2 Å². The second kappa shape index (κ2) is 7.36. The molecule has 1 N–H and O–H groups in total. The highest BCUT2D eigenvalue weighted by Crippen LogP contribution is 2.20. The van der Waals surface area contributed by atoms with Crippen LogP contribution < -0.4 is 5.32 Å². The molecule has 22 heavy (non-hydrogen) atoms. The van der Waals surface area contributed by atoms with Gasteiger partial charge in [0.25, 0.3) is 0 Å². The molecular weight excluding hydrogens is 294 g/mol. The molecular formula is C18H21NO2S. The number of rotatable bonds is 6. The molecule has 0 saturated carbocycles. The van der Waals surface area contributed by atoms with Crippen molar-refractivity contribution >= 4 is 28.7 Å². The van der Waals surface area contributed by atoms with Crippen LogP contribution >= 0.6 is 11.3 Å². The summed E-state index contributed by atoms with van der Waals surface area (Å²) in [6.07, 6.45) is 0.456. The van der Waals surface area contributed by atoms with E-state index in [0.717, 1.165) is 15.4 Å². The second-order valence-electron chi connectivity index (χ2n) is 5.66. The molecule has 4 heteroatoms.